The van der Waals surface area contributed by atoms with Crippen molar-refractivity contribution in [3.05, 3.63) is 60.7 Å². The van der Waals surface area contributed by atoms with Gasteiger partial charge in [-0.1, -0.05) is 36.4 Å². The van der Waals surface area contributed by atoms with E-state index in [1.54, 1.807) is 29.5 Å². The Balaban J connectivity index is 2.18. The van der Waals surface area contributed by atoms with E-state index in [0.29, 0.717) is 11.1 Å². The molecule has 0 atom stereocenters. The van der Waals surface area contributed by atoms with E-state index in [9.17, 15) is 10.2 Å². The van der Waals surface area contributed by atoms with Gasteiger partial charge in [-0.15, -0.1) is 11.3 Å². The van der Waals surface area contributed by atoms with Crippen molar-refractivity contribution in [2.45, 2.75) is 0 Å². The van der Waals surface area contributed by atoms with Crippen LogP contribution in [0.4, 0.5) is 0 Å². The summed E-state index contributed by atoms with van der Waals surface area (Å²) in [6, 6.07) is 18.9. The first kappa shape index (κ1) is 12.2. The summed E-state index contributed by atoms with van der Waals surface area (Å²) >= 11 is 1.63. The topological polar surface area (TPSA) is 40.5 Å². The quantitative estimate of drug-likeness (QED) is 0.510. The van der Waals surface area contributed by atoms with Gasteiger partial charge in [0, 0.05) is 31.3 Å². The molecule has 0 fully saturated rings. The molecule has 102 valence electrons. The molecule has 0 bridgehead atoms. The molecule has 4 aromatic rings. The standard InChI is InChI=1S/C18H12O2S/c19-14-7-3-1-6-13(14)17-15(20)10-9-12-11-5-2-4-8-16(11)21-18(12)17/h1-10,19-20H. The molecule has 1 heterocycles. The second-order valence-electron chi connectivity index (χ2n) is 4.95. The molecule has 2 N–H and O–H groups in total. The van der Waals surface area contributed by atoms with Crippen LogP contribution in [0.25, 0.3) is 31.3 Å². The molecule has 21 heavy (non-hydrogen) atoms. The van der Waals surface area contributed by atoms with Gasteiger partial charge >= 0.3 is 0 Å². The van der Waals surface area contributed by atoms with Crippen LogP contribution in [0.3, 0.4) is 0 Å². The molecule has 0 aliphatic rings. The number of benzene rings is 3. The first-order chi connectivity index (χ1) is 10.3. The van der Waals surface area contributed by atoms with E-state index in [0.717, 1.165) is 10.1 Å². The minimum atomic E-state index is 0.178. The normalized spacial score (nSPS) is 11.2. The Hall–Kier alpha value is -2.52. The van der Waals surface area contributed by atoms with Gasteiger partial charge in [0.25, 0.3) is 0 Å². The zero-order valence-electron chi connectivity index (χ0n) is 11.1. The van der Waals surface area contributed by atoms with E-state index in [4.69, 9.17) is 0 Å². The monoisotopic (exact) mass is 292 g/mol. The van der Waals surface area contributed by atoms with E-state index in [-0.39, 0.29) is 11.5 Å². The zero-order valence-corrected chi connectivity index (χ0v) is 11.9. The second kappa shape index (κ2) is 4.50. The summed E-state index contributed by atoms with van der Waals surface area (Å²) in [5, 5.41) is 22.7. The lowest BCUT2D eigenvalue weighted by molar-refractivity contribution is 0.470. The number of hydrogen-bond acceptors (Lipinski definition) is 3. The molecule has 0 unspecified atom stereocenters. The molecule has 0 radical (unpaired) electrons. The van der Waals surface area contributed by atoms with Crippen molar-refractivity contribution in [1.82, 2.24) is 0 Å². The average molecular weight is 292 g/mol. The highest BCUT2D eigenvalue weighted by molar-refractivity contribution is 7.26. The third kappa shape index (κ3) is 1.78. The summed E-state index contributed by atoms with van der Waals surface area (Å²) in [4.78, 5) is 0. The molecule has 0 saturated carbocycles. The van der Waals surface area contributed by atoms with Crippen LogP contribution in [-0.4, -0.2) is 10.2 Å². The maximum atomic E-state index is 10.3. The van der Waals surface area contributed by atoms with Crippen molar-refractivity contribution in [3.8, 4) is 22.6 Å². The van der Waals surface area contributed by atoms with Gasteiger partial charge in [-0.3, -0.25) is 0 Å². The van der Waals surface area contributed by atoms with Crippen molar-refractivity contribution >= 4 is 31.5 Å². The summed E-state index contributed by atoms with van der Waals surface area (Å²) in [5.41, 5.74) is 1.36. The number of hydrogen-bond donors (Lipinski definition) is 2. The van der Waals surface area contributed by atoms with Crippen LogP contribution in [0.5, 0.6) is 11.5 Å². The minimum absolute atomic E-state index is 0.178. The molecule has 0 spiro atoms. The van der Waals surface area contributed by atoms with Gasteiger partial charge in [-0.05, 0) is 24.3 Å². The molecule has 1 aromatic heterocycles. The van der Waals surface area contributed by atoms with Gasteiger partial charge in [0.05, 0.1) is 0 Å². The lowest BCUT2D eigenvalue weighted by Crippen LogP contribution is -1.81. The fourth-order valence-electron chi connectivity index (χ4n) is 2.72. The summed E-state index contributed by atoms with van der Waals surface area (Å²) in [5.74, 6) is 0.369. The molecular weight excluding hydrogens is 280 g/mol. The number of rotatable bonds is 1. The lowest BCUT2D eigenvalue weighted by Gasteiger charge is -2.08. The maximum absolute atomic E-state index is 10.3. The minimum Gasteiger partial charge on any atom is -0.507 e. The fourth-order valence-corrected chi connectivity index (χ4v) is 3.98. The predicted octanol–water partition coefficient (Wildman–Crippen LogP) is 5.13. The Morgan fingerprint density at radius 3 is 2.29 bits per heavy atom. The molecule has 0 amide bonds. The molecule has 3 aromatic carbocycles. The van der Waals surface area contributed by atoms with Crippen molar-refractivity contribution in [3.63, 3.8) is 0 Å². The van der Waals surface area contributed by atoms with Crippen molar-refractivity contribution < 1.29 is 10.2 Å². The Kier molecular flexibility index (Phi) is 2.62. The highest BCUT2D eigenvalue weighted by atomic mass is 32.1. The molecule has 0 aliphatic carbocycles. The molecule has 0 aliphatic heterocycles. The van der Waals surface area contributed by atoms with Gasteiger partial charge in [-0.25, -0.2) is 0 Å². The second-order valence-corrected chi connectivity index (χ2v) is 6.00. The third-order valence-electron chi connectivity index (χ3n) is 3.70. The number of fused-ring (bicyclic) bond motifs is 3. The highest BCUT2D eigenvalue weighted by Crippen LogP contribution is 2.46. The summed E-state index contributed by atoms with van der Waals surface area (Å²) in [6.45, 7) is 0. The third-order valence-corrected chi connectivity index (χ3v) is 4.90. The Morgan fingerprint density at radius 2 is 1.43 bits per heavy atom. The average Bonchev–Trinajstić information content (AvgIpc) is 2.87. The number of para-hydroxylation sites is 1. The first-order valence-electron chi connectivity index (χ1n) is 6.67. The van der Waals surface area contributed by atoms with Gasteiger partial charge in [0.15, 0.2) is 0 Å². The lowest BCUT2D eigenvalue weighted by atomic mass is 10.0. The van der Waals surface area contributed by atoms with Gasteiger partial charge in [0.1, 0.15) is 11.5 Å². The van der Waals surface area contributed by atoms with E-state index in [1.807, 2.05) is 30.3 Å². The van der Waals surface area contributed by atoms with Crippen LogP contribution in [0.15, 0.2) is 60.7 Å². The number of phenolic OH excluding ortho intramolecular Hbond substituents is 2. The number of phenols is 2. The number of thiophene rings is 1. The van der Waals surface area contributed by atoms with E-state index in [1.165, 1.54) is 10.1 Å². The largest absolute Gasteiger partial charge is 0.507 e. The van der Waals surface area contributed by atoms with Crippen molar-refractivity contribution in [1.29, 1.82) is 0 Å². The van der Waals surface area contributed by atoms with E-state index in [2.05, 4.69) is 12.1 Å². The van der Waals surface area contributed by atoms with E-state index < -0.39 is 0 Å². The molecular formula is C18H12O2S. The van der Waals surface area contributed by atoms with Crippen LogP contribution in [-0.2, 0) is 0 Å². The number of aromatic hydroxyl groups is 2. The molecule has 3 heteroatoms. The van der Waals surface area contributed by atoms with Gasteiger partial charge in [0.2, 0.25) is 0 Å². The Labute approximate surface area is 125 Å². The van der Waals surface area contributed by atoms with Gasteiger partial charge < -0.3 is 10.2 Å². The summed E-state index contributed by atoms with van der Waals surface area (Å²) in [7, 11) is 0. The Morgan fingerprint density at radius 1 is 0.667 bits per heavy atom. The fraction of sp³-hybridized carbons (Fsp3) is 0. The maximum Gasteiger partial charge on any atom is 0.125 e. The van der Waals surface area contributed by atoms with Crippen LogP contribution in [0.2, 0.25) is 0 Å². The first-order valence-corrected chi connectivity index (χ1v) is 7.49. The molecule has 2 nitrogen and oxygen atoms in total. The van der Waals surface area contributed by atoms with E-state index >= 15 is 0 Å². The summed E-state index contributed by atoms with van der Waals surface area (Å²) in [6.07, 6.45) is 0. The van der Waals surface area contributed by atoms with Crippen LogP contribution in [0, 0.1) is 0 Å². The van der Waals surface area contributed by atoms with Crippen LogP contribution >= 0.6 is 11.3 Å². The predicted molar refractivity (Wildman–Crippen MR) is 88.1 cm³/mol. The van der Waals surface area contributed by atoms with Crippen molar-refractivity contribution in [2.75, 3.05) is 0 Å². The van der Waals surface area contributed by atoms with Gasteiger partial charge in [-0.2, -0.15) is 0 Å². The molecule has 4 rings (SSSR count). The Bertz CT molecular complexity index is 969. The smallest absolute Gasteiger partial charge is 0.125 e. The molecule has 0 saturated heterocycles. The van der Waals surface area contributed by atoms with Crippen molar-refractivity contribution in [2.24, 2.45) is 0 Å². The zero-order chi connectivity index (χ0) is 14.4. The highest BCUT2D eigenvalue weighted by Gasteiger charge is 2.16. The van der Waals surface area contributed by atoms with Crippen LogP contribution < -0.4 is 0 Å². The summed E-state index contributed by atoms with van der Waals surface area (Å²) < 4.78 is 2.17. The SMILES string of the molecule is Oc1ccccc1-c1c(O)ccc2c1sc1ccccc12. The van der Waals surface area contributed by atoms with Crippen LogP contribution in [0.1, 0.15) is 0 Å².